The van der Waals surface area contributed by atoms with Gasteiger partial charge in [0.15, 0.2) is 0 Å². The molecule has 4 N–H and O–H groups in total. The standard InChI is InChI=1S/C8H4F12O4.H3N/c9-2(5(12,13)23-1-4(10,11)3(21)22)24-8(19,20)6(14,15)7(16,17)18;/h2H,1H2,(H,21,22);1H3. The first kappa shape index (κ1) is 25.7. The highest BCUT2D eigenvalue weighted by Crippen LogP contribution is 2.48. The number of alkyl halides is 12. The topological polar surface area (TPSA) is 95.1 Å². The Labute approximate surface area is 129 Å². The minimum atomic E-state index is -7.13. The Morgan fingerprint density at radius 2 is 1.32 bits per heavy atom. The summed E-state index contributed by atoms with van der Waals surface area (Å²) in [5.74, 6) is -15.6. The highest BCUT2D eigenvalue weighted by atomic mass is 19.4. The Bertz CT molecular complexity index is 465. The lowest BCUT2D eigenvalue weighted by Gasteiger charge is -2.31. The number of ether oxygens (including phenoxy) is 2. The van der Waals surface area contributed by atoms with Gasteiger partial charge in [0.05, 0.1) is 0 Å². The molecule has 1 atom stereocenters. The second kappa shape index (κ2) is 7.40. The molecule has 0 aliphatic rings. The van der Waals surface area contributed by atoms with Crippen LogP contribution >= 0.6 is 0 Å². The van der Waals surface area contributed by atoms with E-state index >= 15 is 0 Å². The predicted molar refractivity (Wildman–Crippen MR) is 48.8 cm³/mol. The first-order chi connectivity index (χ1) is 10.3. The molecule has 0 rings (SSSR count). The van der Waals surface area contributed by atoms with Crippen LogP contribution in [0.15, 0.2) is 0 Å². The Kier molecular flexibility index (Phi) is 7.62. The predicted octanol–water partition coefficient (Wildman–Crippen LogP) is 2.46. The number of quaternary nitrogens is 1. The fraction of sp³-hybridized carbons (Fsp3) is 0.875. The Balaban J connectivity index is 0. The van der Waals surface area contributed by atoms with Gasteiger partial charge in [-0.1, -0.05) is 0 Å². The molecule has 0 aliphatic carbocycles. The summed E-state index contributed by atoms with van der Waals surface area (Å²) in [5, 5.41) is 9.72. The smallest absolute Gasteiger partial charge is 0.462 e. The van der Waals surface area contributed by atoms with Gasteiger partial charge in [0, 0.05) is 0 Å². The summed E-state index contributed by atoms with van der Waals surface area (Å²) in [7, 11) is 0. The fourth-order valence-electron chi connectivity index (χ4n) is 0.749. The van der Waals surface area contributed by atoms with Crippen LogP contribution < -0.4 is 11.3 Å². The van der Waals surface area contributed by atoms with Gasteiger partial charge >= 0.3 is 30.2 Å². The number of hydrogen-bond acceptors (Lipinski definition) is 4. The zero-order chi connectivity index (χ0) is 19.8. The van der Waals surface area contributed by atoms with Gasteiger partial charge in [-0.25, -0.2) is 4.39 Å². The van der Waals surface area contributed by atoms with E-state index in [2.05, 4.69) is 4.74 Å². The molecule has 0 heterocycles. The highest BCUT2D eigenvalue weighted by molar-refractivity contribution is 5.73. The molecule has 0 aromatic heterocycles. The van der Waals surface area contributed by atoms with Crippen molar-refractivity contribution in [2.45, 2.75) is 36.6 Å². The third-order valence-corrected chi connectivity index (χ3v) is 1.98. The van der Waals surface area contributed by atoms with E-state index in [1.54, 1.807) is 0 Å². The van der Waals surface area contributed by atoms with Crippen molar-refractivity contribution in [3.8, 4) is 0 Å². The van der Waals surface area contributed by atoms with Crippen molar-refractivity contribution in [3.05, 3.63) is 0 Å². The average Bonchev–Trinajstić information content (AvgIpc) is 2.34. The zero-order valence-corrected chi connectivity index (χ0v) is 11.5. The van der Waals surface area contributed by atoms with Gasteiger partial charge in [0.1, 0.15) is 12.6 Å². The van der Waals surface area contributed by atoms with Crippen molar-refractivity contribution < 1.29 is 72.1 Å². The number of rotatable bonds is 8. The van der Waals surface area contributed by atoms with E-state index in [4.69, 9.17) is 0 Å². The van der Waals surface area contributed by atoms with Gasteiger partial charge < -0.3 is 20.8 Å². The van der Waals surface area contributed by atoms with Crippen molar-refractivity contribution in [2.24, 2.45) is 0 Å². The maximum absolute atomic E-state index is 12.7. The maximum Gasteiger partial charge on any atom is 0.462 e. The van der Waals surface area contributed by atoms with E-state index in [9.17, 15) is 62.6 Å². The molecule has 152 valence electrons. The molecule has 0 radical (unpaired) electrons. The van der Waals surface area contributed by atoms with Crippen LogP contribution in [0.4, 0.5) is 52.7 Å². The van der Waals surface area contributed by atoms with E-state index in [0.717, 1.165) is 0 Å². The SMILES string of the molecule is O=C([O-])C(F)(F)COC(F)(F)C(F)OC(F)(F)C(F)(F)C(F)(F)F.[NH4+]. The van der Waals surface area contributed by atoms with Crippen LogP contribution in [0.3, 0.4) is 0 Å². The molecule has 25 heavy (non-hydrogen) atoms. The van der Waals surface area contributed by atoms with E-state index in [0.29, 0.717) is 0 Å². The van der Waals surface area contributed by atoms with Gasteiger partial charge in [0.25, 0.3) is 6.36 Å². The van der Waals surface area contributed by atoms with Gasteiger partial charge in [-0.2, -0.15) is 48.3 Å². The lowest BCUT2D eigenvalue weighted by atomic mass is 10.3. The van der Waals surface area contributed by atoms with Gasteiger partial charge in [-0.15, -0.1) is 0 Å². The fourth-order valence-corrected chi connectivity index (χ4v) is 0.749. The summed E-state index contributed by atoms with van der Waals surface area (Å²) in [6.45, 7) is -2.90. The number of carbonyl (C=O) groups is 1. The molecule has 0 bridgehead atoms. The summed E-state index contributed by atoms with van der Waals surface area (Å²) in [5.41, 5.74) is 0. The Hall–Kier alpha value is -1.49. The molecule has 0 fully saturated rings. The molecular formula is C8H7F12NO4. The monoisotopic (exact) mass is 409 g/mol. The van der Waals surface area contributed by atoms with Crippen molar-refractivity contribution in [1.82, 2.24) is 6.15 Å². The van der Waals surface area contributed by atoms with Crippen LogP contribution in [0.5, 0.6) is 0 Å². The summed E-state index contributed by atoms with van der Waals surface area (Å²) < 4.78 is 152. The molecule has 0 spiro atoms. The molecule has 0 saturated heterocycles. The molecule has 0 saturated carbocycles. The Morgan fingerprint density at radius 3 is 1.64 bits per heavy atom. The number of halogens is 12. The third-order valence-electron chi connectivity index (χ3n) is 1.98. The quantitative estimate of drug-likeness (QED) is 0.624. The van der Waals surface area contributed by atoms with E-state index in [1.807, 2.05) is 4.74 Å². The van der Waals surface area contributed by atoms with Crippen molar-refractivity contribution in [3.63, 3.8) is 0 Å². The summed E-state index contributed by atoms with van der Waals surface area (Å²) in [6.07, 6.45) is -25.0. The number of carboxylic acids is 1. The van der Waals surface area contributed by atoms with E-state index < -0.39 is 49.2 Å². The van der Waals surface area contributed by atoms with Crippen LogP contribution in [0, 0.1) is 0 Å². The molecule has 0 amide bonds. The second-order valence-electron chi connectivity index (χ2n) is 3.87. The minimum absolute atomic E-state index is 0. The molecule has 17 heteroatoms. The van der Waals surface area contributed by atoms with E-state index in [-0.39, 0.29) is 6.15 Å². The average molecular weight is 409 g/mol. The molecule has 5 nitrogen and oxygen atoms in total. The van der Waals surface area contributed by atoms with Gasteiger partial charge in [-0.3, -0.25) is 4.74 Å². The molecule has 0 aromatic rings. The van der Waals surface area contributed by atoms with Crippen molar-refractivity contribution >= 4 is 5.97 Å². The molecular weight excluding hydrogens is 402 g/mol. The van der Waals surface area contributed by atoms with Crippen LogP contribution in [0.1, 0.15) is 0 Å². The van der Waals surface area contributed by atoms with Gasteiger partial charge in [0.2, 0.25) is 0 Å². The molecule has 1 unspecified atom stereocenters. The summed E-state index contributed by atoms with van der Waals surface area (Å²) >= 11 is 0. The van der Waals surface area contributed by atoms with Gasteiger partial charge in [-0.05, 0) is 0 Å². The maximum atomic E-state index is 12.7. The van der Waals surface area contributed by atoms with Crippen LogP contribution in [-0.2, 0) is 14.3 Å². The first-order valence-electron chi connectivity index (χ1n) is 5.03. The third kappa shape index (κ3) is 5.77. The number of carbonyl (C=O) groups excluding carboxylic acids is 1. The van der Waals surface area contributed by atoms with Crippen molar-refractivity contribution in [1.29, 1.82) is 0 Å². The molecule has 0 aliphatic heterocycles. The number of hydrogen-bond donors (Lipinski definition) is 1. The summed E-state index contributed by atoms with van der Waals surface area (Å²) in [6, 6.07) is 0. The summed E-state index contributed by atoms with van der Waals surface area (Å²) in [4.78, 5) is 9.72. The highest BCUT2D eigenvalue weighted by Gasteiger charge is 2.76. The van der Waals surface area contributed by atoms with Crippen molar-refractivity contribution in [2.75, 3.05) is 6.61 Å². The van der Waals surface area contributed by atoms with E-state index in [1.165, 1.54) is 0 Å². The number of carboxylic acid groups (broad SMARTS) is 1. The largest absolute Gasteiger partial charge is 0.544 e. The minimum Gasteiger partial charge on any atom is -0.544 e. The lowest BCUT2D eigenvalue weighted by Crippen LogP contribution is -2.56. The lowest BCUT2D eigenvalue weighted by molar-refractivity contribution is -0.466. The number of aliphatic carboxylic acids is 1. The van der Waals surface area contributed by atoms with Crippen LogP contribution in [0.25, 0.3) is 0 Å². The normalized spacial score (nSPS) is 15.5. The van der Waals surface area contributed by atoms with Crippen LogP contribution in [0.2, 0.25) is 0 Å². The van der Waals surface area contributed by atoms with Crippen LogP contribution in [-0.4, -0.2) is 49.2 Å². The first-order valence-corrected chi connectivity index (χ1v) is 5.03. The molecule has 0 aromatic carbocycles. The Morgan fingerprint density at radius 1 is 0.920 bits per heavy atom. The second-order valence-corrected chi connectivity index (χ2v) is 3.87. The zero-order valence-electron chi connectivity index (χ0n) is 11.5.